The smallest absolute Gasteiger partial charge is 0.119 e. The molecule has 1 aromatic heterocycles. The highest BCUT2D eigenvalue weighted by molar-refractivity contribution is 7.22. The summed E-state index contributed by atoms with van der Waals surface area (Å²) >= 11 is 1.51. The molecule has 5 rings (SSSR count). The maximum atomic E-state index is 11.4. The number of fused-ring (bicyclic) bond motifs is 1. The Morgan fingerprint density at radius 3 is 2.35 bits per heavy atom. The third kappa shape index (κ3) is 4.88. The zero-order valence-electron chi connectivity index (χ0n) is 18.7. The first-order valence-electron chi connectivity index (χ1n) is 11.3. The van der Waals surface area contributed by atoms with Gasteiger partial charge in [-0.2, -0.15) is 0 Å². The van der Waals surface area contributed by atoms with E-state index in [0.717, 1.165) is 70.3 Å². The quantitative estimate of drug-likeness (QED) is 0.356. The van der Waals surface area contributed by atoms with Gasteiger partial charge in [0.05, 0.1) is 13.2 Å². The summed E-state index contributed by atoms with van der Waals surface area (Å²) in [7, 11) is 0. The molecule has 0 spiro atoms. The van der Waals surface area contributed by atoms with Crippen molar-refractivity contribution in [1.29, 1.82) is 0 Å². The molecule has 0 radical (unpaired) electrons. The Labute approximate surface area is 202 Å². The Balaban J connectivity index is 1.38. The topological polar surface area (TPSA) is 82.4 Å². The minimum atomic E-state index is -0.857. The Kier molecular flexibility index (Phi) is 6.69. The fraction of sp³-hybridized carbons (Fsp3) is 0.259. The molecule has 1 aliphatic heterocycles. The molecule has 0 bridgehead atoms. The van der Waals surface area contributed by atoms with Gasteiger partial charge in [-0.15, -0.1) is 11.3 Å². The van der Waals surface area contributed by atoms with Gasteiger partial charge >= 0.3 is 0 Å². The lowest BCUT2D eigenvalue weighted by atomic mass is 9.96. The van der Waals surface area contributed by atoms with Crippen LogP contribution in [0.5, 0.6) is 17.2 Å². The summed E-state index contributed by atoms with van der Waals surface area (Å²) < 4.78 is 12.2. The number of rotatable bonds is 7. The number of benzene rings is 3. The van der Waals surface area contributed by atoms with Gasteiger partial charge in [0, 0.05) is 34.8 Å². The molecule has 0 saturated carbocycles. The first-order valence-corrected chi connectivity index (χ1v) is 12.2. The molecule has 1 unspecified atom stereocenters. The molecule has 0 amide bonds. The predicted molar refractivity (Wildman–Crippen MR) is 134 cm³/mol. The van der Waals surface area contributed by atoms with E-state index in [0.29, 0.717) is 6.61 Å². The number of hydrogen-bond acceptors (Lipinski definition) is 7. The van der Waals surface area contributed by atoms with Gasteiger partial charge in [-0.1, -0.05) is 12.1 Å². The van der Waals surface area contributed by atoms with Crippen molar-refractivity contribution in [2.24, 2.45) is 0 Å². The minimum Gasteiger partial charge on any atom is -0.508 e. The summed E-state index contributed by atoms with van der Waals surface area (Å²) in [5.74, 6) is 1.14. The van der Waals surface area contributed by atoms with E-state index in [1.807, 2.05) is 42.5 Å². The molecule has 1 atom stereocenters. The monoisotopic (exact) mass is 477 g/mol. The van der Waals surface area contributed by atoms with Crippen molar-refractivity contribution >= 4 is 21.4 Å². The van der Waals surface area contributed by atoms with Crippen LogP contribution in [0.15, 0.2) is 66.7 Å². The van der Waals surface area contributed by atoms with E-state index in [9.17, 15) is 15.3 Å². The fourth-order valence-electron chi connectivity index (χ4n) is 4.23. The molecule has 7 heteroatoms. The lowest BCUT2D eigenvalue weighted by Crippen LogP contribution is -2.38. The molecule has 1 fully saturated rings. The van der Waals surface area contributed by atoms with Crippen molar-refractivity contribution in [3.05, 3.63) is 77.9 Å². The molecular formula is C27H27NO5S. The molecule has 1 aliphatic rings. The molecule has 3 aromatic carbocycles. The summed E-state index contributed by atoms with van der Waals surface area (Å²) in [6.45, 7) is 4.88. The van der Waals surface area contributed by atoms with Crippen molar-refractivity contribution < 1.29 is 24.8 Å². The number of phenolic OH excluding ortho intramolecular Hbond substituents is 2. The Morgan fingerprint density at radius 1 is 0.912 bits per heavy atom. The van der Waals surface area contributed by atoms with Crippen LogP contribution in [0, 0.1) is 0 Å². The van der Waals surface area contributed by atoms with E-state index >= 15 is 0 Å². The van der Waals surface area contributed by atoms with E-state index in [1.54, 1.807) is 24.3 Å². The van der Waals surface area contributed by atoms with Gasteiger partial charge in [0.15, 0.2) is 0 Å². The number of morpholine rings is 1. The number of phenols is 2. The molecule has 176 valence electrons. The second-order valence-electron chi connectivity index (χ2n) is 8.35. The zero-order valence-corrected chi connectivity index (χ0v) is 19.5. The third-order valence-electron chi connectivity index (χ3n) is 6.09. The van der Waals surface area contributed by atoms with Crippen molar-refractivity contribution in [2.75, 3.05) is 39.5 Å². The van der Waals surface area contributed by atoms with Gasteiger partial charge in [-0.3, -0.25) is 4.90 Å². The van der Waals surface area contributed by atoms with E-state index in [4.69, 9.17) is 9.47 Å². The summed E-state index contributed by atoms with van der Waals surface area (Å²) in [6.07, 6.45) is -0.857. The maximum absolute atomic E-state index is 11.4. The van der Waals surface area contributed by atoms with Gasteiger partial charge < -0.3 is 24.8 Å². The second kappa shape index (κ2) is 10.0. The number of ether oxygens (including phenoxy) is 2. The van der Waals surface area contributed by atoms with E-state index in [2.05, 4.69) is 4.90 Å². The average molecular weight is 478 g/mol. The zero-order chi connectivity index (χ0) is 23.5. The van der Waals surface area contributed by atoms with Crippen LogP contribution in [0.3, 0.4) is 0 Å². The first kappa shape index (κ1) is 22.7. The first-order chi connectivity index (χ1) is 16.6. The van der Waals surface area contributed by atoms with Gasteiger partial charge in [-0.05, 0) is 71.1 Å². The number of thiophene rings is 1. The number of aliphatic hydroxyl groups is 1. The van der Waals surface area contributed by atoms with Crippen LogP contribution in [-0.2, 0) is 4.74 Å². The van der Waals surface area contributed by atoms with Crippen molar-refractivity contribution in [3.63, 3.8) is 0 Å². The van der Waals surface area contributed by atoms with Crippen LogP contribution in [0.1, 0.15) is 17.2 Å². The predicted octanol–water partition coefficient (Wildman–Crippen LogP) is 4.77. The Morgan fingerprint density at radius 2 is 1.62 bits per heavy atom. The molecule has 1 saturated heterocycles. The fourth-order valence-corrected chi connectivity index (χ4v) is 5.51. The van der Waals surface area contributed by atoms with Gasteiger partial charge in [-0.25, -0.2) is 0 Å². The Hall–Kier alpha value is -3.10. The second-order valence-corrected chi connectivity index (χ2v) is 9.40. The molecule has 3 N–H and O–H groups in total. The number of hydrogen-bond donors (Lipinski definition) is 3. The highest BCUT2D eigenvalue weighted by Crippen LogP contribution is 2.45. The average Bonchev–Trinajstić information content (AvgIpc) is 3.23. The largest absolute Gasteiger partial charge is 0.508 e. The van der Waals surface area contributed by atoms with Crippen molar-refractivity contribution in [2.45, 2.75) is 6.10 Å². The molecule has 4 aromatic rings. The van der Waals surface area contributed by atoms with Crippen LogP contribution in [0.25, 0.3) is 20.5 Å². The normalized spacial score (nSPS) is 15.4. The summed E-state index contributed by atoms with van der Waals surface area (Å²) in [6, 6.07) is 19.7. The van der Waals surface area contributed by atoms with Crippen LogP contribution in [0.2, 0.25) is 0 Å². The van der Waals surface area contributed by atoms with Gasteiger partial charge in [0.25, 0.3) is 0 Å². The molecule has 2 heterocycles. The lowest BCUT2D eigenvalue weighted by Gasteiger charge is -2.26. The maximum Gasteiger partial charge on any atom is 0.119 e. The summed E-state index contributed by atoms with van der Waals surface area (Å²) in [5, 5.41) is 32.0. The van der Waals surface area contributed by atoms with E-state index < -0.39 is 6.10 Å². The minimum absolute atomic E-state index is 0.186. The standard InChI is InChI=1S/C27H27NO5S/c29-20-5-1-19(2-6-20)27-25(23-10-7-21(30)17-24(23)34-27)26(31)18-3-8-22(9-4-18)33-16-13-28-11-14-32-15-12-28/h1-10,17,26,29-31H,11-16H2. The van der Waals surface area contributed by atoms with Crippen LogP contribution in [-0.4, -0.2) is 59.7 Å². The van der Waals surface area contributed by atoms with Gasteiger partial charge in [0.2, 0.25) is 0 Å². The van der Waals surface area contributed by atoms with Crippen molar-refractivity contribution in [3.8, 4) is 27.7 Å². The number of aromatic hydroxyl groups is 2. The number of nitrogens with zero attached hydrogens (tertiary/aromatic N) is 1. The van der Waals surface area contributed by atoms with Crippen LogP contribution in [0.4, 0.5) is 0 Å². The lowest BCUT2D eigenvalue weighted by molar-refractivity contribution is 0.0322. The van der Waals surface area contributed by atoms with E-state index in [1.165, 1.54) is 11.3 Å². The van der Waals surface area contributed by atoms with Crippen LogP contribution >= 0.6 is 11.3 Å². The molecule has 0 aliphatic carbocycles. The Bertz CT molecular complexity index is 1250. The highest BCUT2D eigenvalue weighted by Gasteiger charge is 2.22. The number of aliphatic hydroxyl groups excluding tert-OH is 1. The highest BCUT2D eigenvalue weighted by atomic mass is 32.1. The summed E-state index contributed by atoms with van der Waals surface area (Å²) in [5.41, 5.74) is 2.44. The third-order valence-corrected chi connectivity index (χ3v) is 7.31. The molecule has 34 heavy (non-hydrogen) atoms. The van der Waals surface area contributed by atoms with Crippen LogP contribution < -0.4 is 4.74 Å². The summed E-state index contributed by atoms with van der Waals surface area (Å²) in [4.78, 5) is 3.23. The molecular weight excluding hydrogens is 450 g/mol. The van der Waals surface area contributed by atoms with Gasteiger partial charge in [0.1, 0.15) is 30.0 Å². The molecule has 6 nitrogen and oxygen atoms in total. The van der Waals surface area contributed by atoms with E-state index in [-0.39, 0.29) is 11.5 Å². The van der Waals surface area contributed by atoms with Crippen molar-refractivity contribution in [1.82, 2.24) is 4.90 Å². The SMILES string of the molecule is Oc1ccc(-c2sc3cc(O)ccc3c2C(O)c2ccc(OCCN3CCOCC3)cc2)cc1.